The fraction of sp³-hybridized carbons (Fsp3) is 0.0909. The van der Waals surface area contributed by atoms with Crippen molar-refractivity contribution in [2.45, 2.75) is 13.5 Å². The molecule has 1 N–H and O–H groups in total. The number of carbonyl (C=O) groups excluding carboxylic acids is 1. The molecule has 4 rings (SSSR count). The van der Waals surface area contributed by atoms with Gasteiger partial charge in [-0.3, -0.25) is 9.69 Å². The van der Waals surface area contributed by atoms with Crippen LogP contribution in [0.15, 0.2) is 64.7 Å². The zero-order valence-electron chi connectivity index (χ0n) is 15.8. The Hall–Kier alpha value is -2.80. The van der Waals surface area contributed by atoms with Crippen LogP contribution in [0.5, 0.6) is 5.75 Å². The highest BCUT2D eigenvalue weighted by Crippen LogP contribution is 2.27. The number of hydrogen-bond donors (Lipinski definition) is 1. The minimum absolute atomic E-state index is 0.205. The van der Waals surface area contributed by atoms with Gasteiger partial charge in [-0.1, -0.05) is 35.3 Å². The molecular weight excluding hydrogens is 443 g/mol. The lowest BCUT2D eigenvalue weighted by Gasteiger charge is -2.14. The number of nitrogens with zero attached hydrogens (tertiary/aromatic N) is 1. The zero-order valence-corrected chi connectivity index (χ0v) is 18.1. The molecule has 1 aliphatic heterocycles. The Kier molecular flexibility index (Phi) is 5.81. The Morgan fingerprint density at radius 2 is 1.97 bits per heavy atom. The molecule has 152 valence electrons. The summed E-state index contributed by atoms with van der Waals surface area (Å²) in [5.41, 5.74) is 2.10. The molecule has 30 heavy (non-hydrogen) atoms. The highest BCUT2D eigenvalue weighted by atomic mass is 35.5. The number of furan rings is 1. The molecule has 0 aliphatic carbocycles. The van der Waals surface area contributed by atoms with E-state index in [0.29, 0.717) is 38.1 Å². The summed E-state index contributed by atoms with van der Waals surface area (Å²) >= 11 is 17.2. The average molecular weight is 459 g/mol. The summed E-state index contributed by atoms with van der Waals surface area (Å²) in [6, 6.07) is 16.1. The number of aryl methyl sites for hydroxylation is 1. The highest BCUT2D eigenvalue weighted by molar-refractivity contribution is 7.80. The van der Waals surface area contributed by atoms with Gasteiger partial charge in [0.2, 0.25) is 0 Å². The topological polar surface area (TPSA) is 54.7 Å². The zero-order chi connectivity index (χ0) is 21.3. The molecule has 0 spiro atoms. The predicted octanol–water partition coefficient (Wildman–Crippen LogP) is 5.74. The molecule has 0 bridgehead atoms. The summed E-state index contributed by atoms with van der Waals surface area (Å²) in [4.78, 5) is 14.3. The van der Waals surface area contributed by atoms with Crippen LogP contribution in [-0.4, -0.2) is 11.0 Å². The minimum atomic E-state index is -0.240. The van der Waals surface area contributed by atoms with Crippen molar-refractivity contribution >= 4 is 58.2 Å². The quantitative estimate of drug-likeness (QED) is 0.390. The Morgan fingerprint density at radius 1 is 1.13 bits per heavy atom. The second-order valence-corrected chi connectivity index (χ2v) is 7.84. The van der Waals surface area contributed by atoms with Gasteiger partial charge in [-0.05, 0) is 61.1 Å². The number of carbonyl (C=O) groups is 1. The van der Waals surface area contributed by atoms with Gasteiger partial charge in [0.15, 0.2) is 5.11 Å². The molecule has 0 unspecified atom stereocenters. The Morgan fingerprint density at radius 3 is 2.73 bits per heavy atom. The molecule has 1 saturated heterocycles. The molecule has 1 fully saturated rings. The lowest BCUT2D eigenvalue weighted by atomic mass is 10.2. The summed E-state index contributed by atoms with van der Waals surface area (Å²) in [7, 11) is 0. The van der Waals surface area contributed by atoms with E-state index in [-0.39, 0.29) is 12.5 Å². The average Bonchev–Trinajstić information content (AvgIpc) is 3.27. The molecule has 0 radical (unpaired) electrons. The van der Waals surface area contributed by atoms with Gasteiger partial charge >= 0.3 is 0 Å². The van der Waals surface area contributed by atoms with Gasteiger partial charge in [0.05, 0.1) is 15.7 Å². The first-order valence-corrected chi connectivity index (χ1v) is 10.2. The fourth-order valence-corrected chi connectivity index (χ4v) is 3.54. The van der Waals surface area contributed by atoms with Crippen molar-refractivity contribution < 1.29 is 13.9 Å². The lowest BCUT2D eigenvalue weighted by Crippen LogP contribution is -2.30. The summed E-state index contributed by atoms with van der Waals surface area (Å²) in [5, 5.41) is 4.15. The van der Waals surface area contributed by atoms with Crippen molar-refractivity contribution in [3.63, 3.8) is 0 Å². The molecule has 5 nitrogen and oxygen atoms in total. The molecular formula is C22H16Cl2N2O3S. The number of hydrogen-bond acceptors (Lipinski definition) is 4. The van der Waals surface area contributed by atoms with E-state index in [1.165, 1.54) is 4.90 Å². The largest absolute Gasteiger partial charge is 0.486 e. The van der Waals surface area contributed by atoms with Crippen molar-refractivity contribution in [2.75, 3.05) is 4.90 Å². The van der Waals surface area contributed by atoms with Crippen LogP contribution < -0.4 is 15.0 Å². The summed E-state index contributed by atoms with van der Waals surface area (Å²) in [6.45, 7) is 2.16. The molecule has 3 aromatic rings. The molecule has 2 aromatic carbocycles. The fourth-order valence-electron chi connectivity index (χ4n) is 2.95. The van der Waals surface area contributed by atoms with Crippen molar-refractivity contribution in [3.8, 4) is 5.75 Å². The van der Waals surface area contributed by atoms with E-state index < -0.39 is 0 Å². The molecule has 1 amide bonds. The monoisotopic (exact) mass is 458 g/mol. The van der Waals surface area contributed by atoms with E-state index >= 15 is 0 Å². The van der Waals surface area contributed by atoms with E-state index in [2.05, 4.69) is 5.32 Å². The molecule has 1 aliphatic rings. The van der Waals surface area contributed by atoms with Gasteiger partial charge in [-0.25, -0.2) is 0 Å². The highest BCUT2D eigenvalue weighted by Gasteiger charge is 2.32. The molecule has 2 heterocycles. The number of nitrogens with one attached hydrogen (secondary N) is 1. The minimum Gasteiger partial charge on any atom is -0.486 e. The van der Waals surface area contributed by atoms with Crippen LogP contribution in [-0.2, 0) is 11.4 Å². The second-order valence-electron chi connectivity index (χ2n) is 6.64. The van der Waals surface area contributed by atoms with Gasteiger partial charge in [0, 0.05) is 12.1 Å². The third kappa shape index (κ3) is 4.36. The maximum Gasteiger partial charge on any atom is 0.281 e. The van der Waals surface area contributed by atoms with Gasteiger partial charge < -0.3 is 14.5 Å². The maximum absolute atomic E-state index is 12.8. The number of ether oxygens (including phenoxy) is 1. The van der Waals surface area contributed by atoms with Gasteiger partial charge in [0.25, 0.3) is 5.91 Å². The van der Waals surface area contributed by atoms with E-state index in [1.807, 2.05) is 31.2 Å². The van der Waals surface area contributed by atoms with Crippen molar-refractivity contribution in [2.24, 2.45) is 0 Å². The maximum atomic E-state index is 12.8. The standard InChI is InChI=1S/C22H16Cl2N2O3S/c1-13-3-2-4-14(9-13)26-21(27)20(25-22(26)30)11-16-5-6-17(29-16)12-28-15-7-8-18(23)19(24)10-15/h2-11H,12H2,1H3,(H,25,30)/b20-11+. The van der Waals surface area contributed by atoms with E-state index in [9.17, 15) is 4.79 Å². The van der Waals surface area contributed by atoms with Crippen LogP contribution in [0.2, 0.25) is 10.0 Å². The third-order valence-corrected chi connectivity index (χ3v) is 5.40. The molecule has 8 heteroatoms. The number of anilines is 1. The van der Waals surface area contributed by atoms with Crippen molar-refractivity contribution in [1.82, 2.24) is 5.32 Å². The van der Waals surface area contributed by atoms with Crippen LogP contribution in [0, 0.1) is 6.92 Å². The van der Waals surface area contributed by atoms with Gasteiger partial charge in [0.1, 0.15) is 29.6 Å². The first-order valence-electron chi connectivity index (χ1n) is 9.01. The van der Waals surface area contributed by atoms with Crippen LogP contribution in [0.4, 0.5) is 5.69 Å². The molecule has 0 saturated carbocycles. The Bertz CT molecular complexity index is 1170. The van der Waals surface area contributed by atoms with Crippen molar-refractivity contribution in [3.05, 3.63) is 87.4 Å². The number of thiocarbonyl (C=S) groups is 1. The Balaban J connectivity index is 1.46. The van der Waals surface area contributed by atoms with E-state index in [4.69, 9.17) is 44.6 Å². The van der Waals surface area contributed by atoms with Gasteiger partial charge in [-0.2, -0.15) is 0 Å². The summed E-state index contributed by atoms with van der Waals surface area (Å²) in [5.74, 6) is 1.44. The van der Waals surface area contributed by atoms with E-state index in [0.717, 1.165) is 11.3 Å². The lowest BCUT2D eigenvalue weighted by molar-refractivity contribution is -0.113. The molecule has 0 atom stereocenters. The SMILES string of the molecule is Cc1cccc(N2C(=O)/C(=C\c3ccc(COc4ccc(Cl)c(Cl)c4)o3)NC2=S)c1. The van der Waals surface area contributed by atoms with Crippen LogP contribution in [0.3, 0.4) is 0 Å². The normalized spacial score (nSPS) is 15.0. The van der Waals surface area contributed by atoms with E-state index in [1.54, 1.807) is 36.4 Å². The second kappa shape index (κ2) is 8.52. The number of amides is 1. The third-order valence-electron chi connectivity index (χ3n) is 4.38. The van der Waals surface area contributed by atoms with Crippen molar-refractivity contribution in [1.29, 1.82) is 0 Å². The Labute approximate surface area is 188 Å². The number of halogens is 2. The number of rotatable bonds is 5. The predicted molar refractivity (Wildman–Crippen MR) is 122 cm³/mol. The van der Waals surface area contributed by atoms with Crippen LogP contribution >= 0.6 is 35.4 Å². The smallest absolute Gasteiger partial charge is 0.281 e. The summed E-state index contributed by atoms with van der Waals surface area (Å²) in [6.07, 6.45) is 1.62. The first kappa shape index (κ1) is 20.5. The number of benzene rings is 2. The molecule has 1 aromatic heterocycles. The first-order chi connectivity index (χ1) is 14.4. The van der Waals surface area contributed by atoms with Gasteiger partial charge in [-0.15, -0.1) is 0 Å². The van der Waals surface area contributed by atoms with Crippen LogP contribution in [0.1, 0.15) is 17.1 Å². The van der Waals surface area contributed by atoms with Crippen LogP contribution in [0.25, 0.3) is 6.08 Å². The summed E-state index contributed by atoms with van der Waals surface area (Å²) < 4.78 is 11.4.